The molecule has 1 fully saturated rings. The predicted octanol–water partition coefficient (Wildman–Crippen LogP) is 0.993. The van der Waals surface area contributed by atoms with Crippen molar-refractivity contribution < 1.29 is 19.1 Å². The summed E-state index contributed by atoms with van der Waals surface area (Å²) in [5.74, 6) is -0.696. The molecule has 68 valence electrons. The minimum atomic E-state index is -0.655. The van der Waals surface area contributed by atoms with Crippen molar-refractivity contribution in [3.05, 3.63) is 0 Å². The fraction of sp³-hybridized carbons (Fsp3) is 0.750. The third-order valence-electron chi connectivity index (χ3n) is 1.58. The first-order chi connectivity index (χ1) is 5.72. The lowest BCUT2D eigenvalue weighted by atomic mass is 10.3. The van der Waals surface area contributed by atoms with E-state index in [-0.39, 0.29) is 24.8 Å². The Bertz CT molecular complexity index is 169. The third-order valence-corrected chi connectivity index (χ3v) is 1.58. The van der Waals surface area contributed by atoms with Crippen LogP contribution < -0.4 is 0 Å². The Kier molecular flexibility index (Phi) is 3.08. The van der Waals surface area contributed by atoms with Gasteiger partial charge in [-0.05, 0) is 6.42 Å². The fourth-order valence-corrected chi connectivity index (χ4v) is 0.993. The van der Waals surface area contributed by atoms with Crippen LogP contribution in [0.5, 0.6) is 0 Å². The maximum atomic E-state index is 10.9. The highest BCUT2D eigenvalue weighted by Gasteiger charge is 2.23. The molecule has 0 unspecified atom stereocenters. The van der Waals surface area contributed by atoms with E-state index in [1.807, 2.05) is 6.92 Å². The Balaban J connectivity index is 2.49. The molecular weight excluding hydrogens is 160 g/mol. The van der Waals surface area contributed by atoms with Crippen LogP contribution in [0.1, 0.15) is 32.6 Å². The van der Waals surface area contributed by atoms with E-state index >= 15 is 0 Å². The van der Waals surface area contributed by atoms with Crippen LogP contribution in [0.3, 0.4) is 0 Å². The predicted molar refractivity (Wildman–Crippen MR) is 40.1 cm³/mol. The highest BCUT2D eigenvalue weighted by molar-refractivity contribution is 5.79. The number of ether oxygens (including phenoxy) is 2. The first-order valence-electron chi connectivity index (χ1n) is 4.11. The SMILES string of the molecule is CCCC1OC(=O)CCC(=O)O1. The fourth-order valence-electron chi connectivity index (χ4n) is 0.993. The molecule has 0 atom stereocenters. The number of carbonyl (C=O) groups excluding carboxylic acids is 2. The normalized spacial score (nSPS) is 19.8. The number of carbonyl (C=O) groups is 2. The molecule has 4 heteroatoms. The van der Waals surface area contributed by atoms with Gasteiger partial charge in [0.05, 0.1) is 12.8 Å². The summed E-state index contributed by atoms with van der Waals surface area (Å²) in [4.78, 5) is 21.7. The van der Waals surface area contributed by atoms with E-state index in [4.69, 9.17) is 9.47 Å². The lowest BCUT2D eigenvalue weighted by Gasteiger charge is -2.13. The molecule has 0 spiro atoms. The van der Waals surface area contributed by atoms with Gasteiger partial charge >= 0.3 is 11.9 Å². The van der Waals surface area contributed by atoms with E-state index in [9.17, 15) is 9.59 Å². The van der Waals surface area contributed by atoms with Gasteiger partial charge in [-0.2, -0.15) is 0 Å². The van der Waals surface area contributed by atoms with Gasteiger partial charge in [-0.15, -0.1) is 0 Å². The maximum Gasteiger partial charge on any atom is 0.309 e. The van der Waals surface area contributed by atoms with E-state index in [0.717, 1.165) is 6.42 Å². The molecule has 1 rings (SSSR count). The Morgan fingerprint density at radius 3 is 2.17 bits per heavy atom. The highest BCUT2D eigenvalue weighted by Crippen LogP contribution is 2.12. The van der Waals surface area contributed by atoms with Gasteiger partial charge in [-0.25, -0.2) is 0 Å². The van der Waals surface area contributed by atoms with E-state index in [2.05, 4.69) is 0 Å². The lowest BCUT2D eigenvalue weighted by Crippen LogP contribution is -2.19. The zero-order valence-corrected chi connectivity index (χ0v) is 7.04. The monoisotopic (exact) mass is 172 g/mol. The van der Waals surface area contributed by atoms with Crippen molar-refractivity contribution in [3.8, 4) is 0 Å². The summed E-state index contributed by atoms with van der Waals surface area (Å²) in [5, 5.41) is 0. The molecule has 0 aromatic rings. The average Bonchev–Trinajstić information content (AvgIpc) is 2.14. The van der Waals surface area contributed by atoms with Gasteiger partial charge in [-0.3, -0.25) is 9.59 Å². The number of cyclic esters (lactones) is 2. The quantitative estimate of drug-likeness (QED) is 0.583. The van der Waals surface area contributed by atoms with Gasteiger partial charge in [0.2, 0.25) is 6.29 Å². The highest BCUT2D eigenvalue weighted by atomic mass is 16.7. The van der Waals surface area contributed by atoms with Gasteiger partial charge in [0, 0.05) is 6.42 Å². The van der Waals surface area contributed by atoms with E-state index in [1.165, 1.54) is 0 Å². The van der Waals surface area contributed by atoms with Gasteiger partial charge in [0.25, 0.3) is 0 Å². The second-order valence-corrected chi connectivity index (χ2v) is 2.70. The van der Waals surface area contributed by atoms with Crippen molar-refractivity contribution in [1.82, 2.24) is 0 Å². The molecule has 12 heavy (non-hydrogen) atoms. The second-order valence-electron chi connectivity index (χ2n) is 2.70. The minimum absolute atomic E-state index is 0.138. The molecular formula is C8H12O4. The van der Waals surface area contributed by atoms with E-state index in [1.54, 1.807) is 0 Å². The van der Waals surface area contributed by atoms with Crippen molar-refractivity contribution in [2.75, 3.05) is 0 Å². The average molecular weight is 172 g/mol. The summed E-state index contributed by atoms with van der Waals surface area (Å²) in [7, 11) is 0. The van der Waals surface area contributed by atoms with Crippen LogP contribution in [0.25, 0.3) is 0 Å². The van der Waals surface area contributed by atoms with Crippen molar-refractivity contribution in [2.45, 2.75) is 38.9 Å². The van der Waals surface area contributed by atoms with Crippen LogP contribution >= 0.6 is 0 Å². The zero-order chi connectivity index (χ0) is 8.97. The van der Waals surface area contributed by atoms with E-state index in [0.29, 0.717) is 6.42 Å². The summed E-state index contributed by atoms with van der Waals surface area (Å²) in [6, 6.07) is 0. The maximum absolute atomic E-state index is 10.9. The van der Waals surface area contributed by atoms with Crippen molar-refractivity contribution in [3.63, 3.8) is 0 Å². The Labute approximate surface area is 70.8 Å². The molecule has 0 aliphatic carbocycles. The Morgan fingerprint density at radius 1 is 1.25 bits per heavy atom. The molecule has 0 aromatic heterocycles. The molecule has 1 aliphatic heterocycles. The van der Waals surface area contributed by atoms with E-state index < -0.39 is 6.29 Å². The van der Waals surface area contributed by atoms with Gasteiger partial charge < -0.3 is 9.47 Å². The third kappa shape index (κ3) is 2.53. The Morgan fingerprint density at radius 2 is 1.75 bits per heavy atom. The molecule has 0 aromatic carbocycles. The van der Waals surface area contributed by atoms with Crippen molar-refractivity contribution in [2.24, 2.45) is 0 Å². The first-order valence-corrected chi connectivity index (χ1v) is 4.11. The molecule has 1 aliphatic rings. The van der Waals surface area contributed by atoms with Crippen LogP contribution in [0.2, 0.25) is 0 Å². The molecule has 0 bridgehead atoms. The minimum Gasteiger partial charge on any atom is -0.425 e. The first kappa shape index (κ1) is 9.03. The van der Waals surface area contributed by atoms with Crippen LogP contribution in [0.4, 0.5) is 0 Å². The van der Waals surface area contributed by atoms with Crippen LogP contribution in [-0.4, -0.2) is 18.2 Å². The van der Waals surface area contributed by atoms with Gasteiger partial charge in [-0.1, -0.05) is 6.92 Å². The molecule has 4 nitrogen and oxygen atoms in total. The molecule has 0 N–H and O–H groups in total. The van der Waals surface area contributed by atoms with Crippen LogP contribution in [0, 0.1) is 0 Å². The topological polar surface area (TPSA) is 52.6 Å². The molecule has 0 amide bonds. The van der Waals surface area contributed by atoms with Crippen LogP contribution in [0.15, 0.2) is 0 Å². The number of esters is 2. The zero-order valence-electron chi connectivity index (χ0n) is 7.04. The van der Waals surface area contributed by atoms with Crippen LogP contribution in [-0.2, 0) is 19.1 Å². The number of rotatable bonds is 2. The summed E-state index contributed by atoms with van der Waals surface area (Å²) < 4.78 is 9.68. The summed E-state index contributed by atoms with van der Waals surface area (Å²) in [6.45, 7) is 1.94. The van der Waals surface area contributed by atoms with Crippen molar-refractivity contribution in [1.29, 1.82) is 0 Å². The number of hydrogen-bond donors (Lipinski definition) is 0. The molecule has 1 heterocycles. The van der Waals surface area contributed by atoms with Crippen molar-refractivity contribution >= 4 is 11.9 Å². The molecule has 1 saturated heterocycles. The smallest absolute Gasteiger partial charge is 0.309 e. The second kappa shape index (κ2) is 4.09. The molecule has 0 radical (unpaired) electrons. The Hall–Kier alpha value is -1.06. The standard InChI is InChI=1S/C8H12O4/c1-2-3-8-11-6(9)4-5-7(10)12-8/h8H,2-5H2,1H3. The summed E-state index contributed by atoms with van der Waals surface area (Å²) in [5.41, 5.74) is 0. The van der Waals surface area contributed by atoms with Gasteiger partial charge in [0.15, 0.2) is 0 Å². The van der Waals surface area contributed by atoms with Gasteiger partial charge in [0.1, 0.15) is 0 Å². The lowest BCUT2D eigenvalue weighted by molar-refractivity contribution is -0.181. The summed E-state index contributed by atoms with van der Waals surface area (Å²) >= 11 is 0. The summed E-state index contributed by atoms with van der Waals surface area (Å²) in [6.07, 6.45) is 1.03. The molecule has 0 saturated carbocycles. The number of hydrogen-bond acceptors (Lipinski definition) is 4. The largest absolute Gasteiger partial charge is 0.425 e.